The van der Waals surface area contributed by atoms with Gasteiger partial charge in [0.25, 0.3) is 11.6 Å². The zero-order valence-electron chi connectivity index (χ0n) is 14.4. The smallest absolute Gasteiger partial charge is 0.282 e. The number of halogens is 1. The van der Waals surface area contributed by atoms with Gasteiger partial charge in [0.1, 0.15) is 11.4 Å². The van der Waals surface area contributed by atoms with Crippen molar-refractivity contribution in [1.29, 1.82) is 0 Å². The molecule has 7 nitrogen and oxygen atoms in total. The molecule has 0 bridgehead atoms. The summed E-state index contributed by atoms with van der Waals surface area (Å²) in [5, 5.41) is 13.7. The van der Waals surface area contributed by atoms with Gasteiger partial charge in [-0.2, -0.15) is 0 Å². The van der Waals surface area contributed by atoms with Crippen molar-refractivity contribution in [2.24, 2.45) is 5.92 Å². The molecule has 1 aliphatic heterocycles. The highest BCUT2D eigenvalue weighted by Crippen LogP contribution is 2.21. The molecule has 0 saturated carbocycles. The Morgan fingerprint density at radius 2 is 1.93 bits per heavy atom. The fourth-order valence-corrected chi connectivity index (χ4v) is 3.11. The van der Waals surface area contributed by atoms with Gasteiger partial charge in [0.2, 0.25) is 5.91 Å². The van der Waals surface area contributed by atoms with Crippen LogP contribution in [0, 0.1) is 21.8 Å². The Hall–Kier alpha value is -3.29. The lowest BCUT2D eigenvalue weighted by Crippen LogP contribution is -2.31. The predicted molar refractivity (Wildman–Crippen MR) is 95.4 cm³/mol. The molecule has 140 valence electrons. The third-order valence-electron chi connectivity index (χ3n) is 4.48. The monoisotopic (exact) mass is 371 g/mol. The molecule has 1 unspecified atom stereocenters. The maximum absolute atomic E-state index is 13.0. The van der Waals surface area contributed by atoms with Gasteiger partial charge in [0.05, 0.1) is 4.92 Å². The normalized spacial score (nSPS) is 16.4. The quantitative estimate of drug-likeness (QED) is 0.624. The summed E-state index contributed by atoms with van der Waals surface area (Å²) in [6, 6.07) is 11.7. The van der Waals surface area contributed by atoms with Crippen molar-refractivity contribution in [3.63, 3.8) is 0 Å². The summed E-state index contributed by atoms with van der Waals surface area (Å²) in [7, 11) is 0. The molecule has 27 heavy (non-hydrogen) atoms. The summed E-state index contributed by atoms with van der Waals surface area (Å²) in [6.45, 7) is 1.09. The topological polar surface area (TPSA) is 92.6 Å². The SMILES string of the molecule is O=C(NCC1CC(=O)N(Cc2ccc(F)cc2)C1)c1ccccc1[N+](=O)[O-]. The van der Waals surface area contributed by atoms with E-state index < -0.39 is 10.8 Å². The summed E-state index contributed by atoms with van der Waals surface area (Å²) in [5.41, 5.74) is 0.569. The predicted octanol–water partition coefficient (Wildman–Crippen LogP) is 2.51. The molecule has 1 saturated heterocycles. The number of para-hydroxylation sites is 1. The number of nitro benzene ring substituents is 1. The van der Waals surface area contributed by atoms with Gasteiger partial charge in [-0.1, -0.05) is 24.3 Å². The van der Waals surface area contributed by atoms with Crippen molar-refractivity contribution in [2.75, 3.05) is 13.1 Å². The summed E-state index contributed by atoms with van der Waals surface area (Å²) in [6.07, 6.45) is 0.290. The highest BCUT2D eigenvalue weighted by Gasteiger charge is 2.30. The number of benzene rings is 2. The van der Waals surface area contributed by atoms with E-state index in [1.807, 2.05) is 0 Å². The first-order valence-corrected chi connectivity index (χ1v) is 8.48. The van der Waals surface area contributed by atoms with Crippen LogP contribution in [0.1, 0.15) is 22.3 Å². The van der Waals surface area contributed by atoms with Gasteiger partial charge in [0.15, 0.2) is 0 Å². The minimum absolute atomic E-state index is 0.00464. The molecule has 1 fully saturated rings. The van der Waals surface area contributed by atoms with Crippen molar-refractivity contribution in [1.82, 2.24) is 10.2 Å². The lowest BCUT2D eigenvalue weighted by molar-refractivity contribution is -0.385. The van der Waals surface area contributed by atoms with Crippen molar-refractivity contribution < 1.29 is 18.9 Å². The summed E-state index contributed by atoms with van der Waals surface area (Å²) in [5.74, 6) is -0.984. The third kappa shape index (κ3) is 4.46. The fourth-order valence-electron chi connectivity index (χ4n) is 3.11. The van der Waals surface area contributed by atoms with Crippen LogP contribution in [0.2, 0.25) is 0 Å². The average molecular weight is 371 g/mol. The van der Waals surface area contributed by atoms with Crippen LogP contribution in [0.3, 0.4) is 0 Å². The van der Waals surface area contributed by atoms with Gasteiger partial charge in [-0.25, -0.2) is 4.39 Å². The molecule has 8 heteroatoms. The number of hydrogen-bond acceptors (Lipinski definition) is 4. The van der Waals surface area contributed by atoms with E-state index in [4.69, 9.17) is 0 Å². The van der Waals surface area contributed by atoms with Gasteiger partial charge >= 0.3 is 0 Å². The maximum atomic E-state index is 13.0. The molecule has 1 atom stereocenters. The Labute approximate surface area is 154 Å². The third-order valence-corrected chi connectivity index (χ3v) is 4.48. The Bertz CT molecular complexity index is 870. The van der Waals surface area contributed by atoms with Crippen molar-refractivity contribution >= 4 is 17.5 Å². The second-order valence-corrected chi connectivity index (χ2v) is 6.46. The van der Waals surface area contributed by atoms with E-state index in [-0.39, 0.29) is 35.4 Å². The molecule has 0 aliphatic carbocycles. The Morgan fingerprint density at radius 1 is 1.22 bits per heavy atom. The van der Waals surface area contributed by atoms with E-state index >= 15 is 0 Å². The van der Waals surface area contributed by atoms with Crippen LogP contribution >= 0.6 is 0 Å². The Balaban J connectivity index is 1.56. The molecule has 1 aliphatic rings. The highest BCUT2D eigenvalue weighted by molar-refractivity contribution is 5.98. The standard InChI is InChI=1S/C19H18FN3O4/c20-15-7-5-13(6-8-15)11-22-12-14(9-18(22)24)10-21-19(25)16-3-1-2-4-17(16)23(26)27/h1-8,14H,9-12H2,(H,21,25). The van der Waals surface area contributed by atoms with Gasteiger partial charge in [0, 0.05) is 38.0 Å². The molecule has 1 heterocycles. The van der Waals surface area contributed by atoms with Crippen LogP contribution in [-0.2, 0) is 11.3 Å². The number of hydrogen-bond donors (Lipinski definition) is 1. The molecular formula is C19H18FN3O4. The van der Waals surface area contributed by atoms with Crippen molar-refractivity contribution in [3.05, 3.63) is 75.6 Å². The number of rotatable bonds is 6. The molecule has 1 N–H and O–H groups in total. The van der Waals surface area contributed by atoms with Crippen molar-refractivity contribution in [3.8, 4) is 0 Å². The van der Waals surface area contributed by atoms with Gasteiger partial charge in [-0.3, -0.25) is 19.7 Å². The van der Waals surface area contributed by atoms with Crippen molar-refractivity contribution in [2.45, 2.75) is 13.0 Å². The number of nitrogens with one attached hydrogen (secondary N) is 1. The number of nitrogens with zero attached hydrogens (tertiary/aromatic N) is 2. The Kier molecular flexibility index (Phi) is 5.44. The zero-order valence-corrected chi connectivity index (χ0v) is 14.4. The number of likely N-dealkylation sites (tertiary alicyclic amines) is 1. The number of nitro groups is 1. The second kappa shape index (κ2) is 7.94. The number of carbonyl (C=O) groups is 2. The molecule has 2 aromatic rings. The van der Waals surface area contributed by atoms with Crippen LogP contribution in [-0.4, -0.2) is 34.7 Å². The van der Waals surface area contributed by atoms with Crippen LogP contribution in [0.4, 0.5) is 10.1 Å². The van der Waals surface area contributed by atoms with E-state index in [0.29, 0.717) is 19.5 Å². The first-order valence-electron chi connectivity index (χ1n) is 8.48. The molecule has 2 amide bonds. The summed E-state index contributed by atoms with van der Waals surface area (Å²) in [4.78, 5) is 36.5. The largest absolute Gasteiger partial charge is 0.351 e. The highest BCUT2D eigenvalue weighted by atomic mass is 19.1. The van der Waals surface area contributed by atoms with E-state index in [9.17, 15) is 24.1 Å². The molecule has 3 rings (SSSR count). The minimum Gasteiger partial charge on any atom is -0.351 e. The van der Waals surface area contributed by atoms with E-state index in [1.165, 1.54) is 30.3 Å². The van der Waals surface area contributed by atoms with E-state index in [0.717, 1.165) is 5.56 Å². The molecule has 0 aromatic heterocycles. The fraction of sp³-hybridized carbons (Fsp3) is 0.263. The van der Waals surface area contributed by atoms with Gasteiger partial charge in [-0.05, 0) is 23.8 Å². The van der Waals surface area contributed by atoms with Crippen LogP contribution < -0.4 is 5.32 Å². The van der Waals surface area contributed by atoms with Crippen LogP contribution in [0.5, 0.6) is 0 Å². The zero-order chi connectivity index (χ0) is 19.4. The van der Waals surface area contributed by atoms with E-state index in [1.54, 1.807) is 23.1 Å². The number of carbonyl (C=O) groups excluding carboxylic acids is 2. The number of amides is 2. The maximum Gasteiger partial charge on any atom is 0.282 e. The first kappa shape index (κ1) is 18.5. The van der Waals surface area contributed by atoms with Gasteiger partial charge < -0.3 is 10.2 Å². The van der Waals surface area contributed by atoms with Crippen LogP contribution in [0.25, 0.3) is 0 Å². The first-order chi connectivity index (χ1) is 12.9. The lowest BCUT2D eigenvalue weighted by atomic mass is 10.1. The van der Waals surface area contributed by atoms with E-state index in [2.05, 4.69) is 5.32 Å². The molecule has 2 aromatic carbocycles. The summed E-state index contributed by atoms with van der Waals surface area (Å²) < 4.78 is 13.0. The molecule has 0 spiro atoms. The van der Waals surface area contributed by atoms with Crippen LogP contribution in [0.15, 0.2) is 48.5 Å². The average Bonchev–Trinajstić information content (AvgIpc) is 3.01. The summed E-state index contributed by atoms with van der Waals surface area (Å²) >= 11 is 0. The Morgan fingerprint density at radius 3 is 2.63 bits per heavy atom. The molecule has 0 radical (unpaired) electrons. The second-order valence-electron chi connectivity index (χ2n) is 6.46. The lowest BCUT2D eigenvalue weighted by Gasteiger charge is -2.17. The minimum atomic E-state index is -0.599. The molecular weight excluding hydrogens is 353 g/mol. The van der Waals surface area contributed by atoms with Gasteiger partial charge in [-0.15, -0.1) is 0 Å².